The highest BCUT2D eigenvalue weighted by Gasteiger charge is 2.34. The summed E-state index contributed by atoms with van der Waals surface area (Å²) in [6, 6.07) is 46.6. The van der Waals surface area contributed by atoms with E-state index < -0.39 is 58.2 Å². The molecule has 6 aromatic carbocycles. The van der Waals surface area contributed by atoms with Crippen molar-refractivity contribution < 1.29 is 57.4 Å². The summed E-state index contributed by atoms with van der Waals surface area (Å²) in [5.74, 6) is 1.48. The van der Waals surface area contributed by atoms with Gasteiger partial charge < -0.3 is 43.0 Å². The number of hydrogen-bond acceptors (Lipinski definition) is 12. The first-order valence-electron chi connectivity index (χ1n) is 24.3. The minimum Gasteiger partial charge on any atom is -0.441 e. The van der Waals surface area contributed by atoms with E-state index in [1.54, 1.807) is 111 Å². The van der Waals surface area contributed by atoms with Crippen LogP contribution in [0.4, 0.5) is 14.4 Å². The number of aliphatic hydroxyl groups excluding tert-OH is 1. The molecular formula is C61H70O12. The van der Waals surface area contributed by atoms with Crippen LogP contribution in [0.2, 0.25) is 0 Å². The Morgan fingerprint density at radius 1 is 0.356 bits per heavy atom. The van der Waals surface area contributed by atoms with Gasteiger partial charge in [0.15, 0.2) is 0 Å². The number of carbonyl (C=O) groups excluding carboxylic acids is 3. The summed E-state index contributed by atoms with van der Waals surface area (Å²) in [6.45, 7) is 24.3. The zero-order chi connectivity index (χ0) is 53.6. The largest absolute Gasteiger partial charge is 0.514 e. The van der Waals surface area contributed by atoms with Crippen molar-refractivity contribution in [2.24, 2.45) is 0 Å². The summed E-state index contributed by atoms with van der Waals surface area (Å²) in [5, 5.41) is 10.4. The summed E-state index contributed by atoms with van der Waals surface area (Å²) in [6.07, 6.45) is -1.71. The van der Waals surface area contributed by atoms with E-state index in [2.05, 4.69) is 62.4 Å². The van der Waals surface area contributed by atoms with Gasteiger partial charge in [-0.3, -0.25) is 0 Å². The Morgan fingerprint density at radius 2 is 0.589 bits per heavy atom. The Hall–Kier alpha value is -7.15. The van der Waals surface area contributed by atoms with Gasteiger partial charge in [-0.25, -0.2) is 14.4 Å². The maximum Gasteiger partial charge on any atom is 0.514 e. The first kappa shape index (κ1) is 55.2. The van der Waals surface area contributed by atoms with E-state index in [0.29, 0.717) is 29.4 Å². The molecule has 0 radical (unpaired) electrons. The molecule has 0 saturated carbocycles. The molecule has 0 saturated heterocycles. The lowest BCUT2D eigenvalue weighted by molar-refractivity contribution is -0.259. The molecule has 0 aliphatic heterocycles. The fourth-order valence-corrected chi connectivity index (χ4v) is 8.13. The van der Waals surface area contributed by atoms with Crippen LogP contribution in [0.15, 0.2) is 146 Å². The lowest BCUT2D eigenvalue weighted by Gasteiger charge is -2.32. The summed E-state index contributed by atoms with van der Waals surface area (Å²) in [5.41, 5.74) is 3.84. The van der Waals surface area contributed by atoms with Crippen molar-refractivity contribution >= 4 is 18.5 Å². The Kier molecular flexibility index (Phi) is 16.6. The van der Waals surface area contributed by atoms with E-state index in [-0.39, 0.29) is 0 Å². The van der Waals surface area contributed by atoms with Crippen molar-refractivity contribution in [2.75, 3.05) is 0 Å². The predicted molar refractivity (Wildman–Crippen MR) is 281 cm³/mol. The van der Waals surface area contributed by atoms with Crippen molar-refractivity contribution in [1.82, 2.24) is 0 Å². The molecule has 0 aliphatic rings. The smallest absolute Gasteiger partial charge is 0.441 e. The minimum atomic E-state index is -1.44. The van der Waals surface area contributed by atoms with E-state index in [1.165, 1.54) is 0 Å². The number of benzene rings is 6. The Morgan fingerprint density at radius 3 is 0.822 bits per heavy atom. The fraction of sp³-hybridized carbons (Fsp3) is 0.361. The van der Waals surface area contributed by atoms with Crippen molar-refractivity contribution in [3.63, 3.8) is 0 Å². The maximum atomic E-state index is 12.5. The normalized spacial score (nSPS) is 13.5. The molecule has 73 heavy (non-hydrogen) atoms. The summed E-state index contributed by atoms with van der Waals surface area (Å²) in [7, 11) is 0. The molecule has 0 bridgehead atoms. The number of hydrogen-bond donors (Lipinski definition) is 1. The first-order chi connectivity index (χ1) is 34.0. The molecule has 386 valence electrons. The van der Waals surface area contributed by atoms with Crippen LogP contribution in [0.5, 0.6) is 23.0 Å². The first-order valence-corrected chi connectivity index (χ1v) is 24.3. The van der Waals surface area contributed by atoms with Crippen molar-refractivity contribution in [1.29, 1.82) is 0 Å². The van der Waals surface area contributed by atoms with Crippen LogP contribution in [-0.2, 0) is 36.2 Å². The zero-order valence-corrected chi connectivity index (χ0v) is 44.6. The van der Waals surface area contributed by atoms with Crippen molar-refractivity contribution in [3.05, 3.63) is 190 Å². The molecule has 0 heterocycles. The van der Waals surface area contributed by atoms with Gasteiger partial charge in [0.05, 0.1) is 5.60 Å². The highest BCUT2D eigenvalue weighted by molar-refractivity contribution is 5.66. The Labute approximate surface area is 430 Å². The van der Waals surface area contributed by atoms with Crippen LogP contribution in [0.25, 0.3) is 0 Å². The topological polar surface area (TPSA) is 145 Å². The van der Waals surface area contributed by atoms with Gasteiger partial charge in [0.1, 0.15) is 39.8 Å². The van der Waals surface area contributed by atoms with Gasteiger partial charge in [0, 0.05) is 10.8 Å². The summed E-state index contributed by atoms with van der Waals surface area (Å²) < 4.78 is 43.9. The third kappa shape index (κ3) is 15.4. The van der Waals surface area contributed by atoms with Crippen LogP contribution >= 0.6 is 0 Å². The average Bonchev–Trinajstić information content (AvgIpc) is 3.27. The predicted octanol–water partition coefficient (Wildman–Crippen LogP) is 14.4. The quantitative estimate of drug-likeness (QED) is 0.0364. The van der Waals surface area contributed by atoms with Gasteiger partial charge in [0.25, 0.3) is 0 Å². The second-order valence-electron chi connectivity index (χ2n) is 22.3. The van der Waals surface area contributed by atoms with Crippen LogP contribution in [-0.4, -0.2) is 52.5 Å². The second kappa shape index (κ2) is 21.9. The summed E-state index contributed by atoms with van der Waals surface area (Å²) in [4.78, 5) is 37.5. The fourth-order valence-electron chi connectivity index (χ4n) is 8.13. The molecule has 0 amide bonds. The molecule has 6 aromatic rings. The minimum absolute atomic E-state index is 0.344. The van der Waals surface area contributed by atoms with Gasteiger partial charge in [-0.15, -0.1) is 0 Å². The van der Waals surface area contributed by atoms with Crippen molar-refractivity contribution in [2.45, 2.75) is 143 Å². The van der Waals surface area contributed by atoms with Crippen LogP contribution in [0, 0.1) is 0 Å². The van der Waals surface area contributed by atoms with E-state index >= 15 is 0 Å². The van der Waals surface area contributed by atoms with Gasteiger partial charge >= 0.3 is 24.9 Å². The van der Waals surface area contributed by atoms with Crippen molar-refractivity contribution in [3.8, 4) is 23.0 Å². The lowest BCUT2D eigenvalue weighted by atomic mass is 9.70. The molecule has 12 nitrogen and oxygen atoms in total. The van der Waals surface area contributed by atoms with Crippen LogP contribution < -0.4 is 18.9 Å². The monoisotopic (exact) mass is 994 g/mol. The molecule has 0 aliphatic carbocycles. The van der Waals surface area contributed by atoms with Gasteiger partial charge in [-0.05, 0) is 196 Å². The van der Waals surface area contributed by atoms with Gasteiger partial charge in [-0.2, -0.15) is 0 Å². The third-order valence-corrected chi connectivity index (χ3v) is 11.7. The number of ether oxygens (including phenoxy) is 8. The van der Waals surface area contributed by atoms with E-state index in [4.69, 9.17) is 37.9 Å². The SMILES string of the molecule is CC(C)(C)OC(=O)Oc1ccc(C(C)(c2ccc(Cc3ccc(C(C)(c4ccc(OC(=O)OC(C)(C)C)cc4)c4ccc(OC(O)OC(C)(C)C)cc4)cc3)cc2)c2ccc(OC(=O)OC(C)(C)C)cc2)cc1. The van der Waals surface area contributed by atoms with Gasteiger partial charge in [-0.1, -0.05) is 97.1 Å². The van der Waals surface area contributed by atoms with Crippen LogP contribution in [0.1, 0.15) is 141 Å². The molecule has 2 atom stereocenters. The molecular weight excluding hydrogens is 925 g/mol. The number of aliphatic hydroxyl groups is 1. The van der Waals surface area contributed by atoms with E-state index in [0.717, 1.165) is 44.5 Å². The Balaban J connectivity index is 1.28. The van der Waals surface area contributed by atoms with Crippen LogP contribution in [0.3, 0.4) is 0 Å². The molecule has 0 fully saturated rings. The molecule has 1 N–H and O–H groups in total. The Bertz CT molecular complexity index is 2720. The maximum absolute atomic E-state index is 12.5. The standard InChI is InChI=1S/C61H70O12/c1-56(2,3)70-52(62)66-48-31-23-44(24-32-48)60(13,45-25-33-49(34-26-45)67-53(63)71-57(4,5)6)42-19-15-40(16-20-42)39-41-17-21-43(22-18-41)61(14,46-27-35-50(36-28-46)68-54(64)72-58(7,8)9)47-29-37-51(38-30-47)69-55(65)73-59(10,11)12/h15-38,52,62H,39H2,1-14H3. The lowest BCUT2D eigenvalue weighted by Crippen LogP contribution is -2.31. The van der Waals surface area contributed by atoms with E-state index in [9.17, 15) is 19.5 Å². The third-order valence-electron chi connectivity index (χ3n) is 11.7. The number of carbonyl (C=O) groups is 3. The molecule has 0 spiro atoms. The van der Waals surface area contributed by atoms with Gasteiger partial charge in [0.2, 0.25) is 0 Å². The average molecular weight is 995 g/mol. The van der Waals surface area contributed by atoms with E-state index in [1.807, 2.05) is 69.3 Å². The second-order valence-corrected chi connectivity index (χ2v) is 22.3. The molecule has 6 rings (SSSR count). The molecule has 12 heteroatoms. The highest BCUT2D eigenvalue weighted by atomic mass is 16.8. The zero-order valence-electron chi connectivity index (χ0n) is 44.6. The number of rotatable bonds is 14. The molecule has 0 aromatic heterocycles. The highest BCUT2D eigenvalue weighted by Crippen LogP contribution is 2.42. The molecule has 2 unspecified atom stereocenters. The summed E-state index contributed by atoms with van der Waals surface area (Å²) >= 11 is 0.